The van der Waals surface area contributed by atoms with E-state index in [2.05, 4.69) is 60.7 Å². The van der Waals surface area contributed by atoms with Crippen molar-refractivity contribution in [1.29, 1.82) is 0 Å². The van der Waals surface area contributed by atoms with Crippen LogP contribution >= 0.6 is 0 Å². The van der Waals surface area contributed by atoms with Gasteiger partial charge in [-0.3, -0.25) is 9.59 Å². The molecule has 9 heteroatoms. The van der Waals surface area contributed by atoms with E-state index in [-0.39, 0.29) is 15.8 Å². The van der Waals surface area contributed by atoms with Crippen molar-refractivity contribution in [3.8, 4) is 23.0 Å². The molecule has 0 unspecified atom stereocenters. The van der Waals surface area contributed by atoms with E-state index in [9.17, 15) is 18.0 Å². The van der Waals surface area contributed by atoms with E-state index in [4.69, 9.17) is 18.9 Å². The van der Waals surface area contributed by atoms with Gasteiger partial charge in [-0.1, -0.05) is 84.9 Å². The third-order valence-corrected chi connectivity index (χ3v) is 10.0. The Balaban J connectivity index is 0.000000217. The molecular weight excluding hydrogens is 677 g/mol. The third kappa shape index (κ3) is 8.39. The minimum Gasteiger partial charge on any atom is -0.497 e. The van der Waals surface area contributed by atoms with E-state index in [1.165, 1.54) is 57.4 Å². The van der Waals surface area contributed by atoms with Crippen LogP contribution in [0.15, 0.2) is 168 Å². The lowest BCUT2D eigenvalue weighted by Gasteiger charge is -2.37. The standard InChI is InChI=1S/C28H24O3.C15H14O5S/c1-21(29)31-27-19-15-25(16-20-27)28(22-9-5-3-6-10-22,23-11-7-4-8-12-23)24-13-17-26(30-2)18-14-24;1-11(16)20-13-5-9-15(10-6-13)21(17,18)14-7-3-12(19-2)4-8-14/h3-20H,1-2H3;3-10H,1-2H3. The van der Waals surface area contributed by atoms with Gasteiger partial charge >= 0.3 is 11.9 Å². The van der Waals surface area contributed by atoms with Crippen molar-refractivity contribution in [1.82, 2.24) is 0 Å². The number of ether oxygens (including phenoxy) is 4. The number of hydrogen-bond donors (Lipinski definition) is 0. The summed E-state index contributed by atoms with van der Waals surface area (Å²) in [7, 11) is -0.423. The van der Waals surface area contributed by atoms with Gasteiger partial charge in [-0.25, -0.2) is 8.42 Å². The minimum atomic E-state index is -3.61. The molecule has 0 saturated carbocycles. The van der Waals surface area contributed by atoms with Crippen LogP contribution in [0.5, 0.6) is 23.0 Å². The highest BCUT2D eigenvalue weighted by atomic mass is 32.2. The van der Waals surface area contributed by atoms with E-state index < -0.39 is 21.2 Å². The molecule has 0 radical (unpaired) electrons. The summed E-state index contributed by atoms with van der Waals surface area (Å²) in [6.07, 6.45) is 0. The van der Waals surface area contributed by atoms with Crippen molar-refractivity contribution >= 4 is 21.8 Å². The van der Waals surface area contributed by atoms with Crippen molar-refractivity contribution in [2.75, 3.05) is 14.2 Å². The first-order valence-electron chi connectivity index (χ1n) is 16.3. The lowest BCUT2D eigenvalue weighted by molar-refractivity contribution is -0.132. The maximum absolute atomic E-state index is 12.4. The van der Waals surface area contributed by atoms with Gasteiger partial charge in [0.1, 0.15) is 23.0 Å². The van der Waals surface area contributed by atoms with Crippen LogP contribution in [-0.2, 0) is 24.8 Å². The molecule has 8 nitrogen and oxygen atoms in total. The van der Waals surface area contributed by atoms with Gasteiger partial charge in [-0.15, -0.1) is 0 Å². The fourth-order valence-corrected chi connectivity index (χ4v) is 7.16. The molecule has 6 aromatic rings. The molecule has 0 fully saturated rings. The van der Waals surface area contributed by atoms with Crippen LogP contribution in [0, 0.1) is 0 Å². The van der Waals surface area contributed by atoms with Gasteiger partial charge in [-0.05, 0) is 95.1 Å². The Labute approximate surface area is 304 Å². The quantitative estimate of drug-likeness (QED) is 0.0791. The highest BCUT2D eigenvalue weighted by Gasteiger charge is 2.38. The summed E-state index contributed by atoms with van der Waals surface area (Å²) in [4.78, 5) is 22.5. The summed E-state index contributed by atoms with van der Waals surface area (Å²) in [5.74, 6) is 1.43. The van der Waals surface area contributed by atoms with Gasteiger partial charge in [0, 0.05) is 13.8 Å². The number of methoxy groups -OCH3 is 2. The van der Waals surface area contributed by atoms with E-state index in [0.717, 1.165) is 28.0 Å². The molecule has 0 amide bonds. The second-order valence-corrected chi connectivity index (χ2v) is 13.5. The summed E-state index contributed by atoms with van der Waals surface area (Å²) in [5.41, 5.74) is 3.93. The number of benzene rings is 6. The molecule has 0 heterocycles. The Morgan fingerprint density at radius 2 is 0.712 bits per heavy atom. The van der Waals surface area contributed by atoms with Gasteiger partial charge in [-0.2, -0.15) is 0 Å². The van der Waals surface area contributed by atoms with Crippen molar-refractivity contribution in [2.45, 2.75) is 29.1 Å². The normalized spacial score (nSPS) is 11.0. The summed E-state index contributed by atoms with van der Waals surface area (Å²) < 4.78 is 45.4. The topological polar surface area (TPSA) is 105 Å². The maximum atomic E-state index is 12.4. The molecule has 0 spiro atoms. The summed E-state index contributed by atoms with van der Waals surface area (Å²) in [6, 6.07) is 48.7. The number of rotatable bonds is 10. The highest BCUT2D eigenvalue weighted by molar-refractivity contribution is 7.91. The molecule has 0 aromatic heterocycles. The SMILES string of the molecule is COc1ccc(C(c2ccccc2)(c2ccccc2)c2ccc(OC(C)=O)cc2)cc1.COc1ccc(S(=O)(=O)c2ccc(OC(C)=O)cc2)cc1. The van der Waals surface area contributed by atoms with Crippen molar-refractivity contribution in [3.63, 3.8) is 0 Å². The Hall–Kier alpha value is -6.19. The van der Waals surface area contributed by atoms with Gasteiger partial charge in [0.15, 0.2) is 0 Å². The highest BCUT2D eigenvalue weighted by Crippen LogP contribution is 2.45. The van der Waals surface area contributed by atoms with Gasteiger partial charge in [0.05, 0.1) is 29.4 Å². The van der Waals surface area contributed by atoms with Crippen LogP contribution in [0.1, 0.15) is 36.1 Å². The molecule has 0 aliphatic carbocycles. The van der Waals surface area contributed by atoms with Crippen LogP contribution in [0.25, 0.3) is 0 Å². The first-order chi connectivity index (χ1) is 25.1. The molecule has 0 saturated heterocycles. The fourth-order valence-electron chi connectivity index (χ4n) is 5.90. The molecule has 52 heavy (non-hydrogen) atoms. The number of carbonyl (C=O) groups excluding carboxylic acids is 2. The van der Waals surface area contributed by atoms with Gasteiger partial charge in [0.25, 0.3) is 0 Å². The Kier molecular flexibility index (Phi) is 11.9. The first-order valence-corrected chi connectivity index (χ1v) is 17.8. The zero-order valence-electron chi connectivity index (χ0n) is 29.2. The summed E-state index contributed by atoms with van der Waals surface area (Å²) in [5, 5.41) is 0. The second kappa shape index (κ2) is 16.7. The smallest absolute Gasteiger partial charge is 0.308 e. The molecule has 264 valence electrons. The Bertz CT molecular complexity index is 2140. The molecule has 0 N–H and O–H groups in total. The van der Waals surface area contributed by atoms with E-state index >= 15 is 0 Å². The third-order valence-electron chi connectivity index (χ3n) is 8.25. The van der Waals surface area contributed by atoms with Crippen molar-refractivity contribution in [2.24, 2.45) is 0 Å². The van der Waals surface area contributed by atoms with Crippen molar-refractivity contribution < 1.29 is 37.0 Å². The van der Waals surface area contributed by atoms with Crippen LogP contribution in [0.3, 0.4) is 0 Å². The van der Waals surface area contributed by atoms with E-state index in [0.29, 0.717) is 17.2 Å². The van der Waals surface area contributed by atoms with E-state index in [1.807, 2.05) is 48.5 Å². The predicted octanol–water partition coefficient (Wildman–Crippen LogP) is 8.46. The number of esters is 2. The first kappa shape index (κ1) is 37.1. The molecule has 0 aliphatic rings. The van der Waals surface area contributed by atoms with Crippen LogP contribution < -0.4 is 18.9 Å². The number of sulfone groups is 1. The lowest BCUT2D eigenvalue weighted by atomic mass is 9.65. The average molecular weight is 715 g/mol. The maximum Gasteiger partial charge on any atom is 0.308 e. The lowest BCUT2D eigenvalue weighted by Crippen LogP contribution is -2.31. The van der Waals surface area contributed by atoms with Gasteiger partial charge < -0.3 is 18.9 Å². The zero-order chi connectivity index (χ0) is 37.1. The minimum absolute atomic E-state index is 0.128. The summed E-state index contributed by atoms with van der Waals surface area (Å²) >= 11 is 0. The molecule has 6 rings (SSSR count). The summed E-state index contributed by atoms with van der Waals surface area (Å²) in [6.45, 7) is 2.69. The van der Waals surface area contributed by atoms with Crippen LogP contribution in [0.2, 0.25) is 0 Å². The number of carbonyl (C=O) groups is 2. The zero-order valence-corrected chi connectivity index (χ0v) is 30.0. The fraction of sp³-hybridized carbons (Fsp3) is 0.116. The number of hydrogen-bond acceptors (Lipinski definition) is 8. The Morgan fingerprint density at radius 1 is 0.423 bits per heavy atom. The second-order valence-electron chi connectivity index (χ2n) is 11.6. The average Bonchev–Trinajstić information content (AvgIpc) is 3.17. The molecule has 0 aliphatic heterocycles. The van der Waals surface area contributed by atoms with Gasteiger partial charge in [0.2, 0.25) is 9.84 Å². The largest absolute Gasteiger partial charge is 0.497 e. The monoisotopic (exact) mass is 714 g/mol. The van der Waals surface area contributed by atoms with Crippen LogP contribution in [0.4, 0.5) is 0 Å². The molecule has 6 aromatic carbocycles. The molecule has 0 atom stereocenters. The van der Waals surface area contributed by atoms with Crippen LogP contribution in [-0.4, -0.2) is 34.6 Å². The van der Waals surface area contributed by atoms with Crippen molar-refractivity contribution in [3.05, 3.63) is 180 Å². The van der Waals surface area contributed by atoms with E-state index in [1.54, 1.807) is 19.2 Å². The Morgan fingerprint density at radius 3 is 1.04 bits per heavy atom. The molecule has 0 bridgehead atoms. The predicted molar refractivity (Wildman–Crippen MR) is 199 cm³/mol. The molecular formula is C43H38O8S.